The molecule has 0 spiro atoms. The molecule has 1 atom stereocenters. The van der Waals surface area contributed by atoms with Crippen LogP contribution >= 0.6 is 11.8 Å². The number of aromatic nitrogens is 3. The lowest BCUT2D eigenvalue weighted by Gasteiger charge is -2.20. The smallest absolute Gasteiger partial charge is 0.113 e. The summed E-state index contributed by atoms with van der Waals surface area (Å²) in [5, 5.41) is 9.43. The summed E-state index contributed by atoms with van der Waals surface area (Å²) >= 11 is 2.08. The molecule has 3 nitrogen and oxygen atoms in total. The average molecular weight is 337 g/mol. The summed E-state index contributed by atoms with van der Waals surface area (Å²) in [6, 6.07) is 6.41. The monoisotopic (exact) mass is 337 g/mol. The van der Waals surface area contributed by atoms with Crippen LogP contribution in [-0.4, -0.2) is 26.0 Å². The van der Waals surface area contributed by atoms with Crippen LogP contribution in [-0.2, 0) is 6.54 Å². The topological polar surface area (TPSA) is 30.7 Å². The Kier molecular flexibility index (Phi) is 4.62. The fraction of sp³-hybridized carbons (Fsp3) is 0.500. The quantitative estimate of drug-likeness (QED) is 0.782. The maximum atomic E-state index is 4.39. The Morgan fingerprint density at radius 1 is 1.25 bits per heavy atom. The lowest BCUT2D eigenvalue weighted by atomic mass is 10.0. The zero-order valence-corrected chi connectivity index (χ0v) is 15.0. The molecule has 0 N–H and O–H groups in total. The van der Waals surface area contributed by atoms with E-state index in [1.54, 1.807) is 0 Å². The first-order valence-corrected chi connectivity index (χ1v) is 9.97. The fourth-order valence-corrected chi connectivity index (χ4v) is 4.41. The first kappa shape index (κ1) is 15.8. The molecular formula is C20H23N3S. The molecule has 1 saturated carbocycles. The third kappa shape index (κ3) is 3.84. The minimum Gasteiger partial charge on any atom is -0.251 e. The highest BCUT2D eigenvalue weighted by molar-refractivity contribution is 7.99. The second-order valence-electron chi connectivity index (χ2n) is 6.89. The van der Waals surface area contributed by atoms with E-state index >= 15 is 0 Å². The SMILES string of the molecule is Cc1cc(C#CC2CC2)ccc1-c1cn(CC2CCCCS2)nn1. The first-order valence-electron chi connectivity index (χ1n) is 8.92. The van der Waals surface area contributed by atoms with Crippen LogP contribution < -0.4 is 0 Å². The van der Waals surface area contributed by atoms with Crippen molar-refractivity contribution in [3.63, 3.8) is 0 Å². The van der Waals surface area contributed by atoms with Crippen molar-refractivity contribution in [3.8, 4) is 23.1 Å². The van der Waals surface area contributed by atoms with Crippen molar-refractivity contribution in [3.05, 3.63) is 35.5 Å². The number of hydrogen-bond donors (Lipinski definition) is 0. The molecule has 0 radical (unpaired) electrons. The van der Waals surface area contributed by atoms with E-state index in [2.05, 4.69) is 65.2 Å². The molecule has 4 rings (SSSR count). The highest BCUT2D eigenvalue weighted by atomic mass is 32.2. The molecule has 1 aromatic carbocycles. The van der Waals surface area contributed by atoms with E-state index in [4.69, 9.17) is 0 Å². The van der Waals surface area contributed by atoms with Gasteiger partial charge in [0.2, 0.25) is 0 Å². The molecule has 2 heterocycles. The highest BCUT2D eigenvalue weighted by Gasteiger charge is 2.18. The van der Waals surface area contributed by atoms with Crippen LogP contribution in [0, 0.1) is 24.7 Å². The van der Waals surface area contributed by atoms with Gasteiger partial charge in [-0.1, -0.05) is 29.5 Å². The van der Waals surface area contributed by atoms with Gasteiger partial charge in [0.1, 0.15) is 5.69 Å². The van der Waals surface area contributed by atoms with Gasteiger partial charge >= 0.3 is 0 Å². The van der Waals surface area contributed by atoms with Gasteiger partial charge < -0.3 is 0 Å². The number of nitrogens with zero attached hydrogens (tertiary/aromatic N) is 3. The van der Waals surface area contributed by atoms with Crippen molar-refractivity contribution in [2.45, 2.75) is 50.8 Å². The predicted octanol–water partition coefficient (Wildman–Crippen LogP) is 4.30. The van der Waals surface area contributed by atoms with Gasteiger partial charge in [-0.05, 0) is 56.1 Å². The Bertz CT molecular complexity index is 774. The largest absolute Gasteiger partial charge is 0.251 e. The second kappa shape index (κ2) is 7.03. The lowest BCUT2D eigenvalue weighted by Crippen LogP contribution is -2.17. The molecule has 1 aromatic heterocycles. The Labute approximate surface area is 148 Å². The molecule has 124 valence electrons. The number of thioether (sulfide) groups is 1. The van der Waals surface area contributed by atoms with Gasteiger partial charge in [-0.3, -0.25) is 4.68 Å². The maximum absolute atomic E-state index is 4.39. The Balaban J connectivity index is 1.48. The van der Waals surface area contributed by atoms with Crippen molar-refractivity contribution >= 4 is 11.8 Å². The van der Waals surface area contributed by atoms with E-state index in [9.17, 15) is 0 Å². The van der Waals surface area contributed by atoms with Crippen LogP contribution in [0.5, 0.6) is 0 Å². The van der Waals surface area contributed by atoms with Crippen LogP contribution in [0.25, 0.3) is 11.3 Å². The molecule has 2 aromatic rings. The Morgan fingerprint density at radius 2 is 2.17 bits per heavy atom. The summed E-state index contributed by atoms with van der Waals surface area (Å²) in [5.74, 6) is 8.54. The number of rotatable bonds is 3. The normalized spacial score (nSPS) is 20.5. The molecular weight excluding hydrogens is 314 g/mol. The van der Waals surface area contributed by atoms with Gasteiger partial charge in [-0.15, -0.1) is 5.10 Å². The molecule has 0 amide bonds. The minimum atomic E-state index is 0.641. The number of benzene rings is 1. The van der Waals surface area contributed by atoms with E-state index in [-0.39, 0.29) is 0 Å². The second-order valence-corrected chi connectivity index (χ2v) is 8.30. The molecule has 1 aliphatic carbocycles. The summed E-state index contributed by atoms with van der Waals surface area (Å²) in [6.07, 6.45) is 8.64. The van der Waals surface area contributed by atoms with Gasteiger partial charge in [-0.2, -0.15) is 11.8 Å². The van der Waals surface area contributed by atoms with Crippen LogP contribution in [0.4, 0.5) is 0 Å². The summed E-state index contributed by atoms with van der Waals surface area (Å²) in [5.41, 5.74) is 4.45. The summed E-state index contributed by atoms with van der Waals surface area (Å²) < 4.78 is 2.01. The zero-order chi connectivity index (χ0) is 16.4. The number of aryl methyl sites for hydroxylation is 1. The number of hydrogen-bond acceptors (Lipinski definition) is 3. The molecule has 1 unspecified atom stereocenters. The van der Waals surface area contributed by atoms with Crippen LogP contribution in [0.2, 0.25) is 0 Å². The molecule has 2 fully saturated rings. The Morgan fingerprint density at radius 3 is 2.92 bits per heavy atom. The van der Waals surface area contributed by atoms with Crippen molar-refractivity contribution in [2.24, 2.45) is 5.92 Å². The molecule has 4 heteroatoms. The molecule has 1 aliphatic heterocycles. The predicted molar refractivity (Wildman–Crippen MR) is 99.9 cm³/mol. The molecule has 24 heavy (non-hydrogen) atoms. The lowest BCUT2D eigenvalue weighted by molar-refractivity contribution is 0.530. The van der Waals surface area contributed by atoms with E-state index < -0.39 is 0 Å². The highest BCUT2D eigenvalue weighted by Crippen LogP contribution is 2.28. The summed E-state index contributed by atoms with van der Waals surface area (Å²) in [6.45, 7) is 3.11. The van der Waals surface area contributed by atoms with Gasteiger partial charge in [0.05, 0.1) is 12.7 Å². The van der Waals surface area contributed by atoms with Crippen LogP contribution in [0.15, 0.2) is 24.4 Å². The van der Waals surface area contributed by atoms with E-state index in [0.29, 0.717) is 11.2 Å². The van der Waals surface area contributed by atoms with E-state index in [0.717, 1.165) is 23.4 Å². The van der Waals surface area contributed by atoms with Gasteiger partial charge in [0, 0.05) is 22.3 Å². The summed E-state index contributed by atoms with van der Waals surface area (Å²) in [7, 11) is 0. The van der Waals surface area contributed by atoms with E-state index in [1.165, 1.54) is 43.4 Å². The van der Waals surface area contributed by atoms with Crippen molar-refractivity contribution in [1.29, 1.82) is 0 Å². The van der Waals surface area contributed by atoms with Crippen molar-refractivity contribution in [1.82, 2.24) is 15.0 Å². The molecule has 2 aliphatic rings. The standard InChI is InChI=1S/C20H23N3S/c1-15-12-17(8-7-16-5-6-16)9-10-19(15)20-14-23(22-21-20)13-18-4-2-3-11-24-18/h9-10,12,14,16,18H,2-6,11,13H2,1H3. The van der Waals surface area contributed by atoms with Crippen LogP contribution in [0.1, 0.15) is 43.2 Å². The Hall–Kier alpha value is -1.73. The fourth-order valence-electron chi connectivity index (χ4n) is 3.11. The zero-order valence-electron chi connectivity index (χ0n) is 14.2. The maximum Gasteiger partial charge on any atom is 0.113 e. The van der Waals surface area contributed by atoms with Crippen molar-refractivity contribution < 1.29 is 0 Å². The molecule has 0 bridgehead atoms. The van der Waals surface area contributed by atoms with Gasteiger partial charge in [0.25, 0.3) is 0 Å². The van der Waals surface area contributed by atoms with Crippen molar-refractivity contribution in [2.75, 3.05) is 5.75 Å². The average Bonchev–Trinajstić information content (AvgIpc) is 3.32. The molecule has 1 saturated heterocycles. The van der Waals surface area contributed by atoms with Gasteiger partial charge in [0.15, 0.2) is 0 Å². The third-order valence-electron chi connectivity index (χ3n) is 4.70. The van der Waals surface area contributed by atoms with E-state index in [1.807, 2.05) is 4.68 Å². The minimum absolute atomic E-state index is 0.641. The first-order chi connectivity index (χ1) is 11.8. The third-order valence-corrected chi connectivity index (χ3v) is 6.08. The van der Waals surface area contributed by atoms with Crippen LogP contribution in [0.3, 0.4) is 0 Å². The van der Waals surface area contributed by atoms with Gasteiger partial charge in [-0.25, -0.2) is 0 Å². The summed E-state index contributed by atoms with van der Waals surface area (Å²) in [4.78, 5) is 0.